The van der Waals surface area contributed by atoms with Crippen LogP contribution in [0.4, 0.5) is 0 Å². The molecule has 0 fully saturated rings. The first-order valence-electron chi connectivity index (χ1n) is 5.62. The van der Waals surface area contributed by atoms with Crippen LogP contribution in [0, 0.1) is 0 Å². The van der Waals surface area contributed by atoms with Crippen LogP contribution in [-0.2, 0) is 19.4 Å². The molecule has 112 valence electrons. The van der Waals surface area contributed by atoms with E-state index in [9.17, 15) is 18.0 Å². The Balaban J connectivity index is 4.34. The summed E-state index contributed by atoms with van der Waals surface area (Å²) >= 11 is 1.47. The molecular formula is C10H20N2O5S2. The number of carbonyl (C=O) groups excluding carboxylic acids is 1. The molecule has 0 aliphatic rings. The second-order valence-electron chi connectivity index (χ2n) is 4.21. The van der Waals surface area contributed by atoms with Crippen molar-refractivity contribution in [2.24, 2.45) is 5.73 Å². The highest BCUT2D eigenvalue weighted by atomic mass is 32.2. The van der Waals surface area contributed by atoms with Gasteiger partial charge >= 0.3 is 5.97 Å². The predicted octanol–water partition coefficient (Wildman–Crippen LogP) is -0.929. The summed E-state index contributed by atoms with van der Waals surface area (Å²) in [6, 6.07) is -2.02. The van der Waals surface area contributed by atoms with Gasteiger partial charge in [-0.05, 0) is 24.9 Å². The molecule has 0 saturated carbocycles. The molecule has 1 amide bonds. The summed E-state index contributed by atoms with van der Waals surface area (Å²) in [5, 5.41) is 11.2. The van der Waals surface area contributed by atoms with Crippen LogP contribution in [-0.4, -0.2) is 61.5 Å². The summed E-state index contributed by atoms with van der Waals surface area (Å²) in [5.74, 6) is -1.38. The van der Waals surface area contributed by atoms with Crippen LogP contribution in [0.3, 0.4) is 0 Å². The van der Waals surface area contributed by atoms with E-state index in [1.807, 2.05) is 6.26 Å². The third kappa shape index (κ3) is 8.84. The SMILES string of the molecule is CSCC[C@H](NC(=O)C(N)CCS(C)(=O)=O)C(=O)O. The minimum absolute atomic E-state index is 0.0282. The van der Waals surface area contributed by atoms with Crippen molar-refractivity contribution >= 4 is 33.5 Å². The van der Waals surface area contributed by atoms with Crippen LogP contribution in [0.15, 0.2) is 0 Å². The molecule has 0 heterocycles. The van der Waals surface area contributed by atoms with Crippen molar-refractivity contribution in [2.45, 2.75) is 24.9 Å². The third-order valence-corrected chi connectivity index (χ3v) is 3.98. The highest BCUT2D eigenvalue weighted by Crippen LogP contribution is 2.02. The highest BCUT2D eigenvalue weighted by Gasteiger charge is 2.23. The van der Waals surface area contributed by atoms with Gasteiger partial charge in [-0.3, -0.25) is 4.79 Å². The number of hydrogen-bond donors (Lipinski definition) is 3. The number of hydrogen-bond acceptors (Lipinski definition) is 6. The fourth-order valence-corrected chi connectivity index (χ4v) is 2.40. The van der Waals surface area contributed by atoms with Crippen molar-refractivity contribution in [3.63, 3.8) is 0 Å². The summed E-state index contributed by atoms with van der Waals surface area (Å²) in [6.45, 7) is 0. The molecule has 0 radical (unpaired) electrons. The first kappa shape index (κ1) is 18.2. The van der Waals surface area contributed by atoms with Gasteiger partial charge in [-0.15, -0.1) is 0 Å². The number of carboxylic acid groups (broad SMARTS) is 1. The average molecular weight is 312 g/mol. The van der Waals surface area contributed by atoms with Gasteiger partial charge in [-0.1, -0.05) is 0 Å². The molecule has 0 aromatic heterocycles. The number of sulfone groups is 1. The fourth-order valence-electron chi connectivity index (χ4n) is 1.24. The van der Waals surface area contributed by atoms with Gasteiger partial charge in [0.15, 0.2) is 0 Å². The average Bonchev–Trinajstić information content (AvgIpc) is 2.29. The van der Waals surface area contributed by atoms with Crippen LogP contribution in [0.2, 0.25) is 0 Å². The minimum atomic E-state index is -3.19. The van der Waals surface area contributed by atoms with E-state index in [0.29, 0.717) is 12.2 Å². The summed E-state index contributed by atoms with van der Waals surface area (Å²) in [6.07, 6.45) is 3.15. The highest BCUT2D eigenvalue weighted by molar-refractivity contribution is 7.98. The number of amides is 1. The van der Waals surface area contributed by atoms with Crippen LogP contribution >= 0.6 is 11.8 Å². The van der Waals surface area contributed by atoms with Crippen molar-refractivity contribution in [1.82, 2.24) is 5.32 Å². The Kier molecular flexibility index (Phi) is 8.03. The molecule has 4 N–H and O–H groups in total. The van der Waals surface area contributed by atoms with E-state index in [4.69, 9.17) is 10.8 Å². The number of carbonyl (C=O) groups is 2. The summed E-state index contributed by atoms with van der Waals surface area (Å²) in [5.41, 5.74) is 5.53. The number of thioether (sulfide) groups is 1. The molecule has 7 nitrogen and oxygen atoms in total. The predicted molar refractivity (Wildman–Crippen MR) is 74.9 cm³/mol. The Bertz CT molecular complexity index is 410. The molecular weight excluding hydrogens is 292 g/mol. The number of rotatable bonds is 9. The van der Waals surface area contributed by atoms with Gasteiger partial charge < -0.3 is 16.2 Å². The number of nitrogens with one attached hydrogen (secondary N) is 1. The van der Waals surface area contributed by atoms with E-state index in [1.54, 1.807) is 0 Å². The Morgan fingerprint density at radius 2 is 1.95 bits per heavy atom. The fraction of sp³-hybridized carbons (Fsp3) is 0.800. The second-order valence-corrected chi connectivity index (χ2v) is 7.45. The number of aliphatic carboxylic acids is 1. The first-order chi connectivity index (χ1) is 8.67. The van der Waals surface area contributed by atoms with Crippen LogP contribution in [0.25, 0.3) is 0 Å². The lowest BCUT2D eigenvalue weighted by atomic mass is 10.2. The molecule has 0 aromatic rings. The Hall–Kier alpha value is -0.800. The van der Waals surface area contributed by atoms with Crippen molar-refractivity contribution < 1.29 is 23.1 Å². The summed E-state index contributed by atoms with van der Waals surface area (Å²) in [4.78, 5) is 22.6. The van der Waals surface area contributed by atoms with E-state index in [-0.39, 0.29) is 12.2 Å². The van der Waals surface area contributed by atoms with Gasteiger partial charge in [0.1, 0.15) is 15.9 Å². The quantitative estimate of drug-likeness (QED) is 0.502. The molecule has 19 heavy (non-hydrogen) atoms. The van der Waals surface area contributed by atoms with Gasteiger partial charge in [-0.2, -0.15) is 11.8 Å². The molecule has 0 rings (SSSR count). The maximum Gasteiger partial charge on any atom is 0.326 e. The van der Waals surface area contributed by atoms with E-state index < -0.39 is 33.8 Å². The van der Waals surface area contributed by atoms with Gasteiger partial charge in [0, 0.05) is 6.26 Å². The smallest absolute Gasteiger partial charge is 0.326 e. The molecule has 9 heteroatoms. The number of nitrogens with two attached hydrogens (primary N) is 1. The minimum Gasteiger partial charge on any atom is -0.480 e. The lowest BCUT2D eigenvalue weighted by molar-refractivity contribution is -0.142. The van der Waals surface area contributed by atoms with E-state index in [0.717, 1.165) is 6.26 Å². The van der Waals surface area contributed by atoms with Crippen molar-refractivity contribution in [2.75, 3.05) is 24.0 Å². The van der Waals surface area contributed by atoms with Crippen LogP contribution < -0.4 is 11.1 Å². The normalized spacial score (nSPS) is 14.7. The van der Waals surface area contributed by atoms with Gasteiger partial charge in [-0.25, -0.2) is 13.2 Å². The molecule has 0 aliphatic heterocycles. The zero-order valence-electron chi connectivity index (χ0n) is 11.0. The largest absolute Gasteiger partial charge is 0.480 e. The van der Waals surface area contributed by atoms with Crippen LogP contribution in [0.5, 0.6) is 0 Å². The zero-order valence-corrected chi connectivity index (χ0v) is 12.6. The lowest BCUT2D eigenvalue weighted by Gasteiger charge is -2.17. The monoisotopic (exact) mass is 312 g/mol. The van der Waals surface area contributed by atoms with E-state index >= 15 is 0 Å². The van der Waals surface area contributed by atoms with Gasteiger partial charge in [0.2, 0.25) is 5.91 Å². The van der Waals surface area contributed by atoms with E-state index in [1.165, 1.54) is 11.8 Å². The molecule has 1 unspecified atom stereocenters. The van der Waals surface area contributed by atoms with Crippen molar-refractivity contribution in [3.05, 3.63) is 0 Å². The van der Waals surface area contributed by atoms with Crippen molar-refractivity contribution in [3.8, 4) is 0 Å². The number of carboxylic acids is 1. The van der Waals surface area contributed by atoms with Crippen LogP contribution in [0.1, 0.15) is 12.8 Å². The Morgan fingerprint density at radius 3 is 2.37 bits per heavy atom. The van der Waals surface area contributed by atoms with Gasteiger partial charge in [0.25, 0.3) is 0 Å². The molecule has 0 spiro atoms. The molecule has 2 atom stereocenters. The van der Waals surface area contributed by atoms with Gasteiger partial charge in [0.05, 0.1) is 11.8 Å². The standard InChI is InChI=1S/C10H20N2O5S2/c1-18-5-3-8(10(14)15)12-9(13)7(11)4-6-19(2,16)17/h7-8H,3-6,11H2,1-2H3,(H,12,13)(H,14,15)/t7?,8-/m0/s1. The Morgan fingerprint density at radius 1 is 1.37 bits per heavy atom. The lowest BCUT2D eigenvalue weighted by Crippen LogP contribution is -2.49. The summed E-state index contributed by atoms with van der Waals surface area (Å²) < 4.78 is 21.9. The van der Waals surface area contributed by atoms with Crippen molar-refractivity contribution in [1.29, 1.82) is 0 Å². The summed E-state index contributed by atoms with van der Waals surface area (Å²) in [7, 11) is -3.19. The molecule has 0 saturated heterocycles. The zero-order chi connectivity index (χ0) is 15.1. The molecule has 0 aliphatic carbocycles. The topological polar surface area (TPSA) is 127 Å². The third-order valence-electron chi connectivity index (χ3n) is 2.36. The Labute approximate surface area is 117 Å². The van der Waals surface area contributed by atoms with E-state index in [2.05, 4.69) is 5.32 Å². The maximum atomic E-state index is 11.6. The molecule has 0 aromatic carbocycles. The maximum absolute atomic E-state index is 11.6. The second kappa shape index (κ2) is 8.39. The molecule has 0 bridgehead atoms. The first-order valence-corrected chi connectivity index (χ1v) is 9.08.